The molecular weight excluding hydrogens is 342 g/mol. The number of nitrogens with zero attached hydrogens (tertiary/aromatic N) is 3. The largest absolute Gasteiger partial charge is 0.493 e. The van der Waals surface area contributed by atoms with Crippen molar-refractivity contribution < 1.29 is 14.3 Å². The van der Waals surface area contributed by atoms with E-state index < -0.39 is 0 Å². The summed E-state index contributed by atoms with van der Waals surface area (Å²) in [6.07, 6.45) is 3.43. The lowest BCUT2D eigenvalue weighted by Crippen LogP contribution is -2.31. The highest BCUT2D eigenvalue weighted by Gasteiger charge is 2.12. The molecule has 132 valence electrons. The molecule has 1 rings (SSSR count). The predicted molar refractivity (Wildman–Crippen MR) is 95.2 cm³/mol. The van der Waals surface area contributed by atoms with E-state index in [1.165, 1.54) is 18.1 Å². The fourth-order valence-electron chi connectivity index (χ4n) is 2.10. The molecule has 0 unspecified atom stereocenters. The third-order valence-electron chi connectivity index (χ3n) is 3.26. The molecule has 0 aliphatic heterocycles. The first-order chi connectivity index (χ1) is 12.1. The number of nitriles is 2. The maximum absolute atomic E-state index is 12.3. The lowest BCUT2D eigenvalue weighted by molar-refractivity contribution is -0.125. The van der Waals surface area contributed by atoms with Crippen molar-refractivity contribution in [1.82, 2.24) is 4.90 Å². The first-order valence-electron chi connectivity index (χ1n) is 7.78. The van der Waals surface area contributed by atoms with Crippen LogP contribution in [0.4, 0.5) is 0 Å². The van der Waals surface area contributed by atoms with Crippen LogP contribution >= 0.6 is 11.6 Å². The van der Waals surface area contributed by atoms with Gasteiger partial charge in [0, 0.05) is 19.2 Å². The second kappa shape index (κ2) is 11.0. The van der Waals surface area contributed by atoms with Crippen LogP contribution in [0.3, 0.4) is 0 Å². The van der Waals surface area contributed by atoms with Crippen molar-refractivity contribution in [3.63, 3.8) is 0 Å². The van der Waals surface area contributed by atoms with Crippen molar-refractivity contribution in [1.29, 1.82) is 10.5 Å². The van der Waals surface area contributed by atoms with Gasteiger partial charge in [0.1, 0.15) is 0 Å². The smallest absolute Gasteiger partial charge is 0.246 e. The van der Waals surface area contributed by atoms with Gasteiger partial charge in [-0.3, -0.25) is 4.79 Å². The van der Waals surface area contributed by atoms with Gasteiger partial charge in [-0.25, -0.2) is 0 Å². The van der Waals surface area contributed by atoms with Crippen molar-refractivity contribution >= 4 is 23.6 Å². The molecule has 0 saturated heterocycles. The van der Waals surface area contributed by atoms with Crippen molar-refractivity contribution in [2.75, 3.05) is 26.8 Å². The highest BCUT2D eigenvalue weighted by atomic mass is 35.5. The molecule has 0 bridgehead atoms. The summed E-state index contributed by atoms with van der Waals surface area (Å²) in [7, 11) is 1.51. The number of carbonyl (C=O) groups excluding carboxylic acids is 1. The highest BCUT2D eigenvalue weighted by Crippen LogP contribution is 2.36. The molecule has 0 fully saturated rings. The molecule has 0 N–H and O–H groups in total. The van der Waals surface area contributed by atoms with Crippen LogP contribution in [-0.4, -0.2) is 37.6 Å². The molecular formula is C18H20ClN3O3. The quantitative estimate of drug-likeness (QED) is 0.629. The van der Waals surface area contributed by atoms with E-state index in [9.17, 15) is 4.79 Å². The van der Waals surface area contributed by atoms with Crippen LogP contribution in [0.5, 0.6) is 11.5 Å². The van der Waals surface area contributed by atoms with Gasteiger partial charge in [-0.05, 0) is 30.7 Å². The number of ether oxygens (including phenoxy) is 2. The second-order valence-electron chi connectivity index (χ2n) is 4.94. The zero-order chi connectivity index (χ0) is 18.7. The Hall–Kier alpha value is -2.70. The first-order valence-corrected chi connectivity index (χ1v) is 8.16. The minimum Gasteiger partial charge on any atom is -0.493 e. The van der Waals surface area contributed by atoms with Crippen molar-refractivity contribution in [2.24, 2.45) is 0 Å². The summed E-state index contributed by atoms with van der Waals surface area (Å²) in [6, 6.07) is 7.38. The second-order valence-corrected chi connectivity index (χ2v) is 5.35. The topological polar surface area (TPSA) is 86.4 Å². The predicted octanol–water partition coefficient (Wildman–Crippen LogP) is 3.42. The molecule has 0 saturated carbocycles. The van der Waals surface area contributed by atoms with Gasteiger partial charge in [-0.15, -0.1) is 0 Å². The van der Waals surface area contributed by atoms with E-state index in [4.69, 9.17) is 31.6 Å². The number of amides is 1. The molecule has 0 atom stereocenters. The van der Waals surface area contributed by atoms with Gasteiger partial charge in [0.2, 0.25) is 5.91 Å². The van der Waals surface area contributed by atoms with Gasteiger partial charge < -0.3 is 14.4 Å². The molecule has 0 aliphatic rings. The third-order valence-corrected chi connectivity index (χ3v) is 3.54. The van der Waals surface area contributed by atoms with Crippen LogP contribution in [0.25, 0.3) is 6.08 Å². The van der Waals surface area contributed by atoms with E-state index in [-0.39, 0.29) is 31.8 Å². The molecule has 0 aromatic heterocycles. The molecule has 0 spiro atoms. The Morgan fingerprint density at radius 3 is 2.44 bits per heavy atom. The Morgan fingerprint density at radius 2 is 1.92 bits per heavy atom. The summed E-state index contributed by atoms with van der Waals surface area (Å²) < 4.78 is 10.7. The van der Waals surface area contributed by atoms with Crippen LogP contribution in [0, 0.1) is 22.7 Å². The van der Waals surface area contributed by atoms with E-state index in [0.717, 1.165) is 0 Å². The van der Waals surface area contributed by atoms with E-state index in [1.807, 2.05) is 19.1 Å². The molecule has 0 heterocycles. The van der Waals surface area contributed by atoms with Gasteiger partial charge in [-0.1, -0.05) is 11.6 Å². The molecule has 25 heavy (non-hydrogen) atoms. The number of carbonyl (C=O) groups is 1. The van der Waals surface area contributed by atoms with Crippen LogP contribution in [0.15, 0.2) is 18.2 Å². The number of halogens is 1. The number of hydrogen-bond acceptors (Lipinski definition) is 5. The Morgan fingerprint density at radius 1 is 1.28 bits per heavy atom. The van der Waals surface area contributed by atoms with Gasteiger partial charge in [-0.2, -0.15) is 10.5 Å². The van der Waals surface area contributed by atoms with Crippen LogP contribution in [0.2, 0.25) is 5.02 Å². The first kappa shape index (κ1) is 20.3. The van der Waals surface area contributed by atoms with Gasteiger partial charge >= 0.3 is 0 Å². The number of rotatable bonds is 9. The van der Waals surface area contributed by atoms with Gasteiger partial charge in [0.25, 0.3) is 0 Å². The number of hydrogen-bond donors (Lipinski definition) is 0. The molecule has 1 aromatic rings. The summed E-state index contributed by atoms with van der Waals surface area (Å²) in [5.41, 5.74) is 0.680. The fraction of sp³-hybridized carbons (Fsp3) is 0.389. The average molecular weight is 362 g/mol. The highest BCUT2D eigenvalue weighted by molar-refractivity contribution is 6.32. The number of methoxy groups -OCH3 is 1. The lowest BCUT2D eigenvalue weighted by atomic mass is 10.1. The van der Waals surface area contributed by atoms with Crippen molar-refractivity contribution in [3.05, 3.63) is 28.8 Å². The number of benzene rings is 1. The summed E-state index contributed by atoms with van der Waals surface area (Å²) in [6.45, 7) is 2.87. The maximum atomic E-state index is 12.3. The standard InChI is InChI=1S/C18H20ClN3O3/c1-3-25-18-15(19)12-14(13-16(18)24-2)6-7-17(23)22(10-4-8-20)11-5-9-21/h6-7,12-13H,3-5,10-11H2,1-2H3/b7-6+. The van der Waals surface area contributed by atoms with Crippen LogP contribution in [0.1, 0.15) is 25.3 Å². The Kier molecular flexibility index (Phi) is 8.92. The van der Waals surface area contributed by atoms with E-state index in [1.54, 1.807) is 18.2 Å². The van der Waals surface area contributed by atoms with E-state index in [2.05, 4.69) is 0 Å². The molecule has 7 heteroatoms. The fourth-order valence-corrected chi connectivity index (χ4v) is 2.37. The van der Waals surface area contributed by atoms with E-state index >= 15 is 0 Å². The van der Waals surface area contributed by atoms with Crippen molar-refractivity contribution in [3.8, 4) is 23.6 Å². The van der Waals surface area contributed by atoms with Crippen molar-refractivity contribution in [2.45, 2.75) is 19.8 Å². The van der Waals surface area contributed by atoms with Gasteiger partial charge in [0.05, 0.1) is 43.7 Å². The Bertz CT molecular complexity index is 687. The summed E-state index contributed by atoms with van der Waals surface area (Å²) in [5.74, 6) is 0.668. The Labute approximate surface area is 152 Å². The zero-order valence-corrected chi connectivity index (χ0v) is 15.0. The molecule has 0 aliphatic carbocycles. The normalized spacial score (nSPS) is 10.1. The summed E-state index contributed by atoms with van der Waals surface area (Å²) in [5, 5.41) is 17.7. The SMILES string of the molecule is CCOc1c(Cl)cc(/C=C/C(=O)N(CCC#N)CCC#N)cc1OC. The van der Waals surface area contributed by atoms with E-state index in [0.29, 0.717) is 28.7 Å². The van der Waals surface area contributed by atoms with Gasteiger partial charge in [0.15, 0.2) is 11.5 Å². The minimum absolute atomic E-state index is 0.216. The third kappa shape index (κ3) is 6.37. The molecule has 1 amide bonds. The van der Waals surface area contributed by atoms with Crippen LogP contribution in [-0.2, 0) is 4.79 Å². The zero-order valence-electron chi connectivity index (χ0n) is 14.3. The minimum atomic E-state index is -0.269. The molecule has 6 nitrogen and oxygen atoms in total. The monoisotopic (exact) mass is 361 g/mol. The molecule has 1 aromatic carbocycles. The summed E-state index contributed by atoms with van der Waals surface area (Å²) >= 11 is 6.20. The summed E-state index contributed by atoms with van der Waals surface area (Å²) in [4.78, 5) is 13.7. The maximum Gasteiger partial charge on any atom is 0.246 e. The lowest BCUT2D eigenvalue weighted by Gasteiger charge is -2.18. The average Bonchev–Trinajstić information content (AvgIpc) is 2.61. The molecule has 0 radical (unpaired) electrons. The Balaban J connectivity index is 2.95. The van der Waals surface area contributed by atoms with Crippen LogP contribution < -0.4 is 9.47 Å².